The summed E-state index contributed by atoms with van der Waals surface area (Å²) >= 11 is 0. The van der Waals surface area contributed by atoms with Crippen molar-refractivity contribution in [2.24, 2.45) is 4.99 Å². The Bertz CT molecular complexity index is 168. The normalized spacial score (nSPS) is 20.5. The van der Waals surface area contributed by atoms with E-state index in [1.54, 1.807) is 0 Å². The Labute approximate surface area is 68.8 Å². The first-order valence-corrected chi connectivity index (χ1v) is 4.19. The topological polar surface area (TPSA) is 12.4 Å². The van der Waals surface area contributed by atoms with Crippen molar-refractivity contribution >= 4 is 6.34 Å². The smallest absolute Gasteiger partial charge is 0.195 e. The molecule has 0 saturated heterocycles. The Morgan fingerprint density at radius 2 is 1.64 bits per heavy atom. The van der Waals surface area contributed by atoms with Crippen molar-refractivity contribution in [3.05, 3.63) is 12.4 Å². The maximum absolute atomic E-state index is 4.15. The van der Waals surface area contributed by atoms with Crippen molar-refractivity contribution < 1.29 is 4.48 Å². The molecule has 0 saturated carbocycles. The largest absolute Gasteiger partial charge is 0.250 e. The average molecular weight is 153 g/mol. The molecule has 0 fully saturated rings. The van der Waals surface area contributed by atoms with Gasteiger partial charge in [0, 0.05) is 0 Å². The van der Waals surface area contributed by atoms with E-state index in [9.17, 15) is 0 Å². The van der Waals surface area contributed by atoms with E-state index in [1.165, 1.54) is 0 Å². The van der Waals surface area contributed by atoms with E-state index >= 15 is 0 Å². The number of quaternary nitrogens is 1. The second-order valence-corrected chi connectivity index (χ2v) is 3.64. The van der Waals surface area contributed by atoms with Gasteiger partial charge in [-0.05, 0) is 27.7 Å². The van der Waals surface area contributed by atoms with Gasteiger partial charge >= 0.3 is 0 Å². The van der Waals surface area contributed by atoms with Crippen molar-refractivity contribution in [3.8, 4) is 0 Å². The van der Waals surface area contributed by atoms with E-state index < -0.39 is 0 Å². The van der Waals surface area contributed by atoms with Crippen LogP contribution in [0.15, 0.2) is 17.4 Å². The molecule has 0 aromatic carbocycles. The summed E-state index contributed by atoms with van der Waals surface area (Å²) in [5, 5.41) is 0. The minimum atomic E-state index is 0.581. The minimum absolute atomic E-state index is 0.581. The van der Waals surface area contributed by atoms with Crippen LogP contribution in [-0.2, 0) is 0 Å². The van der Waals surface area contributed by atoms with Crippen molar-refractivity contribution in [2.75, 3.05) is 0 Å². The fourth-order valence-electron chi connectivity index (χ4n) is 1.55. The third-order valence-electron chi connectivity index (χ3n) is 2.47. The van der Waals surface area contributed by atoms with Crippen molar-refractivity contribution in [1.29, 1.82) is 0 Å². The molecule has 0 aromatic rings. The van der Waals surface area contributed by atoms with Crippen LogP contribution in [0.3, 0.4) is 0 Å². The van der Waals surface area contributed by atoms with E-state index in [0.29, 0.717) is 12.1 Å². The monoisotopic (exact) mass is 153 g/mol. The van der Waals surface area contributed by atoms with Crippen molar-refractivity contribution in [2.45, 2.75) is 39.8 Å². The standard InChI is InChI=1S/C9H17N2/c1-8(2)11(9(3)4)6-5-10-7-11/h5-9H,1-4H3/q+1. The second-order valence-electron chi connectivity index (χ2n) is 3.64. The van der Waals surface area contributed by atoms with Gasteiger partial charge < -0.3 is 0 Å². The third-order valence-corrected chi connectivity index (χ3v) is 2.47. The molecule has 2 nitrogen and oxygen atoms in total. The lowest BCUT2D eigenvalue weighted by Crippen LogP contribution is -2.51. The minimum Gasteiger partial charge on any atom is -0.250 e. The maximum atomic E-state index is 4.15. The first-order valence-electron chi connectivity index (χ1n) is 4.19. The average Bonchev–Trinajstić information content (AvgIpc) is 2.34. The summed E-state index contributed by atoms with van der Waals surface area (Å²) in [6.45, 7) is 8.90. The Morgan fingerprint density at radius 3 is 1.82 bits per heavy atom. The van der Waals surface area contributed by atoms with Gasteiger partial charge in [-0.2, -0.15) is 0 Å². The van der Waals surface area contributed by atoms with Crippen LogP contribution in [0.5, 0.6) is 0 Å². The van der Waals surface area contributed by atoms with E-state index in [-0.39, 0.29) is 0 Å². The molecule has 1 aliphatic rings. The van der Waals surface area contributed by atoms with Crippen molar-refractivity contribution in [3.63, 3.8) is 0 Å². The molecule has 1 aliphatic heterocycles. The zero-order valence-electron chi connectivity index (χ0n) is 7.78. The highest BCUT2D eigenvalue weighted by Crippen LogP contribution is 2.21. The molecular weight excluding hydrogens is 136 g/mol. The van der Waals surface area contributed by atoms with Crippen LogP contribution in [0, 0.1) is 0 Å². The molecule has 1 rings (SSSR count). The molecule has 0 bridgehead atoms. The summed E-state index contributed by atoms with van der Waals surface area (Å²) in [6, 6.07) is 1.16. The van der Waals surface area contributed by atoms with Gasteiger partial charge in [-0.15, -0.1) is 0 Å². The zero-order valence-corrected chi connectivity index (χ0v) is 7.78. The molecule has 0 aliphatic carbocycles. The van der Waals surface area contributed by atoms with E-state index in [0.717, 1.165) is 4.48 Å². The predicted octanol–water partition coefficient (Wildman–Crippen LogP) is 2.13. The van der Waals surface area contributed by atoms with Gasteiger partial charge in [-0.3, -0.25) is 0 Å². The number of hydrogen-bond acceptors (Lipinski definition) is 1. The molecule has 0 aromatic heterocycles. The Balaban J connectivity index is 2.90. The molecule has 0 unspecified atom stereocenters. The molecule has 62 valence electrons. The van der Waals surface area contributed by atoms with Crippen LogP contribution in [0.1, 0.15) is 27.7 Å². The molecule has 1 heterocycles. The summed E-state index contributed by atoms with van der Waals surface area (Å²) in [7, 11) is 0. The lowest BCUT2D eigenvalue weighted by atomic mass is 10.2. The maximum Gasteiger partial charge on any atom is 0.195 e. The van der Waals surface area contributed by atoms with Crippen LogP contribution >= 0.6 is 0 Å². The highest BCUT2D eigenvalue weighted by atomic mass is 15.4. The van der Waals surface area contributed by atoms with Crippen LogP contribution in [0.4, 0.5) is 0 Å². The molecule has 0 N–H and O–H groups in total. The fourth-order valence-corrected chi connectivity index (χ4v) is 1.55. The summed E-state index contributed by atoms with van der Waals surface area (Å²) in [5.41, 5.74) is 0. The first-order chi connectivity index (χ1) is 5.09. The lowest BCUT2D eigenvalue weighted by molar-refractivity contribution is -0.826. The van der Waals surface area contributed by atoms with Crippen LogP contribution in [0.25, 0.3) is 0 Å². The lowest BCUT2D eigenvalue weighted by Gasteiger charge is -2.35. The predicted molar refractivity (Wildman–Crippen MR) is 48.2 cm³/mol. The molecule has 0 radical (unpaired) electrons. The molecule has 0 spiro atoms. The molecule has 11 heavy (non-hydrogen) atoms. The Morgan fingerprint density at radius 1 is 1.09 bits per heavy atom. The van der Waals surface area contributed by atoms with Crippen LogP contribution < -0.4 is 0 Å². The van der Waals surface area contributed by atoms with Gasteiger partial charge in [-0.1, -0.05) is 0 Å². The first kappa shape index (κ1) is 8.47. The zero-order chi connectivity index (χ0) is 8.48. The fraction of sp³-hybridized carbons (Fsp3) is 0.667. The Kier molecular flexibility index (Phi) is 2.14. The Hall–Kier alpha value is -0.630. The highest BCUT2D eigenvalue weighted by Gasteiger charge is 2.33. The molecule has 0 amide bonds. The van der Waals surface area contributed by atoms with E-state index in [2.05, 4.69) is 38.9 Å². The number of hydrogen-bond donors (Lipinski definition) is 0. The van der Waals surface area contributed by atoms with Gasteiger partial charge in [0.25, 0.3) is 0 Å². The summed E-state index contributed by atoms with van der Waals surface area (Å²) < 4.78 is 0.889. The highest BCUT2D eigenvalue weighted by molar-refractivity contribution is 5.51. The number of rotatable bonds is 2. The summed E-state index contributed by atoms with van der Waals surface area (Å²) in [4.78, 5) is 4.15. The van der Waals surface area contributed by atoms with Gasteiger partial charge in [-0.25, -0.2) is 9.48 Å². The molecule has 0 atom stereocenters. The van der Waals surface area contributed by atoms with Gasteiger partial charge in [0.2, 0.25) is 0 Å². The quantitative estimate of drug-likeness (QED) is 0.539. The van der Waals surface area contributed by atoms with Crippen molar-refractivity contribution in [1.82, 2.24) is 0 Å². The summed E-state index contributed by atoms with van der Waals surface area (Å²) in [6.07, 6.45) is 6.07. The van der Waals surface area contributed by atoms with E-state index in [1.807, 2.05) is 12.5 Å². The van der Waals surface area contributed by atoms with Gasteiger partial charge in [0.05, 0.1) is 18.3 Å². The number of nitrogens with zero attached hydrogens (tertiary/aromatic N) is 2. The van der Waals surface area contributed by atoms with Crippen LogP contribution in [-0.4, -0.2) is 22.9 Å². The van der Waals surface area contributed by atoms with E-state index in [4.69, 9.17) is 0 Å². The second kappa shape index (κ2) is 2.78. The molecule has 2 heteroatoms. The third kappa shape index (κ3) is 1.23. The number of aliphatic imine (C=N–C) groups is 1. The molecular formula is C9H17N2+. The van der Waals surface area contributed by atoms with Gasteiger partial charge in [0.1, 0.15) is 6.20 Å². The van der Waals surface area contributed by atoms with Crippen LogP contribution in [0.2, 0.25) is 0 Å². The SMILES string of the molecule is CC(C)[N+]1(C(C)C)C=CN=C1. The summed E-state index contributed by atoms with van der Waals surface area (Å²) in [5.74, 6) is 0. The van der Waals surface area contributed by atoms with Gasteiger partial charge in [0.15, 0.2) is 6.34 Å².